The molecule has 12 heavy (non-hydrogen) atoms. The van der Waals surface area contributed by atoms with Crippen molar-refractivity contribution in [2.45, 2.75) is 25.0 Å². The van der Waals surface area contributed by atoms with E-state index < -0.39 is 9.84 Å². The van der Waals surface area contributed by atoms with Crippen molar-refractivity contribution in [3.05, 3.63) is 0 Å². The van der Waals surface area contributed by atoms with Crippen LogP contribution in [0.2, 0.25) is 0 Å². The maximum absolute atomic E-state index is 11.2. The van der Waals surface area contributed by atoms with Gasteiger partial charge in [-0.3, -0.25) is 0 Å². The first-order chi connectivity index (χ1) is 5.54. The van der Waals surface area contributed by atoms with Crippen LogP contribution in [0.3, 0.4) is 0 Å². The molecule has 0 bridgehead atoms. The number of rotatable bonds is 2. The summed E-state index contributed by atoms with van der Waals surface area (Å²) in [7, 11) is -2.78. The topological polar surface area (TPSA) is 37.4 Å². The molecule has 4 heteroatoms. The van der Waals surface area contributed by atoms with Gasteiger partial charge in [0.15, 0.2) is 0 Å². The van der Waals surface area contributed by atoms with E-state index >= 15 is 0 Å². The molecule has 1 aliphatic heterocycles. The van der Waals surface area contributed by atoms with E-state index in [1.54, 1.807) is 0 Å². The number of likely N-dealkylation sites (tertiary alicyclic amines) is 1. The third-order valence-electron chi connectivity index (χ3n) is 2.59. The standard InChI is InChI=1S/C8H17NO2S/c1-3-9-6-4-8(5-7-9)12(2,10)11/h8H,3-7H2,1-2H3. The van der Waals surface area contributed by atoms with Crippen LogP contribution in [0.25, 0.3) is 0 Å². The molecule has 0 unspecified atom stereocenters. The Kier molecular flexibility index (Phi) is 3.12. The number of nitrogens with zero attached hydrogens (tertiary/aromatic N) is 1. The lowest BCUT2D eigenvalue weighted by atomic mass is 10.1. The fraction of sp³-hybridized carbons (Fsp3) is 1.00. The molecule has 0 aliphatic carbocycles. The number of hydrogen-bond donors (Lipinski definition) is 0. The third-order valence-corrected chi connectivity index (χ3v) is 4.27. The summed E-state index contributed by atoms with van der Waals surface area (Å²) in [6.07, 6.45) is 2.97. The highest BCUT2D eigenvalue weighted by Crippen LogP contribution is 2.16. The minimum absolute atomic E-state index is 0.0831. The number of sulfone groups is 1. The Morgan fingerprint density at radius 2 is 1.83 bits per heavy atom. The van der Waals surface area contributed by atoms with Gasteiger partial charge < -0.3 is 4.90 Å². The second-order valence-corrected chi connectivity index (χ2v) is 5.79. The van der Waals surface area contributed by atoms with Crippen molar-refractivity contribution in [3.8, 4) is 0 Å². The predicted octanol–water partition coefficient (Wildman–Crippen LogP) is 0.515. The molecular formula is C8H17NO2S. The average molecular weight is 191 g/mol. The van der Waals surface area contributed by atoms with Crippen molar-refractivity contribution in [2.24, 2.45) is 0 Å². The van der Waals surface area contributed by atoms with E-state index in [-0.39, 0.29) is 5.25 Å². The minimum atomic E-state index is -2.78. The lowest BCUT2D eigenvalue weighted by Crippen LogP contribution is -2.38. The molecule has 0 saturated carbocycles. The summed E-state index contributed by atoms with van der Waals surface area (Å²) in [4.78, 5) is 2.29. The van der Waals surface area contributed by atoms with Gasteiger partial charge in [-0.15, -0.1) is 0 Å². The molecule has 0 aromatic heterocycles. The zero-order valence-electron chi connectivity index (χ0n) is 7.78. The van der Waals surface area contributed by atoms with E-state index in [1.807, 2.05) is 0 Å². The first kappa shape index (κ1) is 9.99. The van der Waals surface area contributed by atoms with Gasteiger partial charge in [0.2, 0.25) is 0 Å². The number of hydrogen-bond acceptors (Lipinski definition) is 3. The third kappa shape index (κ3) is 2.45. The van der Waals surface area contributed by atoms with Crippen LogP contribution in [0.1, 0.15) is 19.8 Å². The summed E-state index contributed by atoms with van der Waals surface area (Å²) < 4.78 is 22.3. The first-order valence-corrected chi connectivity index (χ1v) is 6.40. The van der Waals surface area contributed by atoms with E-state index in [0.717, 1.165) is 32.5 Å². The molecule has 1 fully saturated rings. The Morgan fingerprint density at radius 3 is 2.17 bits per heavy atom. The van der Waals surface area contributed by atoms with E-state index in [1.165, 1.54) is 6.26 Å². The van der Waals surface area contributed by atoms with Crippen LogP contribution in [0.4, 0.5) is 0 Å². The van der Waals surface area contributed by atoms with Crippen LogP contribution in [0, 0.1) is 0 Å². The molecule has 0 aromatic carbocycles. The van der Waals surface area contributed by atoms with Crippen molar-refractivity contribution in [3.63, 3.8) is 0 Å². The molecular weight excluding hydrogens is 174 g/mol. The molecule has 0 radical (unpaired) electrons. The Labute approximate surface area is 74.7 Å². The molecule has 0 atom stereocenters. The lowest BCUT2D eigenvalue weighted by molar-refractivity contribution is 0.241. The fourth-order valence-corrected chi connectivity index (χ4v) is 2.72. The van der Waals surface area contributed by atoms with Gasteiger partial charge in [0.25, 0.3) is 0 Å². The molecule has 1 saturated heterocycles. The molecule has 0 amide bonds. The summed E-state index contributed by atoms with van der Waals surface area (Å²) in [5.41, 5.74) is 0. The predicted molar refractivity (Wildman–Crippen MR) is 50.0 cm³/mol. The lowest BCUT2D eigenvalue weighted by Gasteiger charge is -2.29. The van der Waals surface area contributed by atoms with E-state index in [0.29, 0.717) is 0 Å². The second-order valence-electron chi connectivity index (χ2n) is 3.46. The fourth-order valence-electron chi connectivity index (χ4n) is 1.65. The summed E-state index contributed by atoms with van der Waals surface area (Å²) in [5, 5.41) is -0.0831. The van der Waals surface area contributed by atoms with Gasteiger partial charge in [-0.05, 0) is 32.5 Å². The van der Waals surface area contributed by atoms with Crippen molar-refractivity contribution in [1.29, 1.82) is 0 Å². The first-order valence-electron chi connectivity index (χ1n) is 4.45. The highest BCUT2D eigenvalue weighted by molar-refractivity contribution is 7.91. The normalized spacial score (nSPS) is 22.8. The zero-order valence-corrected chi connectivity index (χ0v) is 8.60. The van der Waals surface area contributed by atoms with Crippen molar-refractivity contribution in [2.75, 3.05) is 25.9 Å². The maximum atomic E-state index is 11.2. The van der Waals surface area contributed by atoms with Crippen LogP contribution in [0.5, 0.6) is 0 Å². The van der Waals surface area contributed by atoms with Gasteiger partial charge >= 0.3 is 0 Å². The minimum Gasteiger partial charge on any atom is -0.304 e. The summed E-state index contributed by atoms with van der Waals surface area (Å²) >= 11 is 0. The van der Waals surface area contributed by atoms with E-state index in [4.69, 9.17) is 0 Å². The molecule has 1 rings (SSSR count). The van der Waals surface area contributed by atoms with Crippen LogP contribution >= 0.6 is 0 Å². The summed E-state index contributed by atoms with van der Waals surface area (Å²) in [6.45, 7) is 5.03. The van der Waals surface area contributed by atoms with Crippen LogP contribution in [-0.4, -0.2) is 44.5 Å². The van der Waals surface area contributed by atoms with Crippen LogP contribution < -0.4 is 0 Å². The molecule has 0 aromatic rings. The smallest absolute Gasteiger partial charge is 0.150 e. The monoisotopic (exact) mass is 191 g/mol. The molecule has 1 aliphatic rings. The SMILES string of the molecule is CCN1CCC(S(C)(=O)=O)CC1. The van der Waals surface area contributed by atoms with Gasteiger partial charge in [-0.1, -0.05) is 6.92 Å². The Balaban J connectivity index is 2.47. The van der Waals surface area contributed by atoms with E-state index in [2.05, 4.69) is 11.8 Å². The van der Waals surface area contributed by atoms with Gasteiger partial charge in [-0.25, -0.2) is 8.42 Å². The maximum Gasteiger partial charge on any atom is 0.150 e. The second kappa shape index (κ2) is 3.75. The van der Waals surface area contributed by atoms with Gasteiger partial charge in [-0.2, -0.15) is 0 Å². The van der Waals surface area contributed by atoms with Crippen molar-refractivity contribution in [1.82, 2.24) is 4.90 Å². The Bertz CT molecular complexity index is 227. The van der Waals surface area contributed by atoms with Crippen LogP contribution in [0.15, 0.2) is 0 Å². The quantitative estimate of drug-likeness (QED) is 0.638. The largest absolute Gasteiger partial charge is 0.304 e. The van der Waals surface area contributed by atoms with Gasteiger partial charge in [0.1, 0.15) is 9.84 Å². The zero-order chi connectivity index (χ0) is 9.19. The highest BCUT2D eigenvalue weighted by Gasteiger charge is 2.25. The molecule has 0 spiro atoms. The highest BCUT2D eigenvalue weighted by atomic mass is 32.2. The van der Waals surface area contributed by atoms with Gasteiger partial charge in [0.05, 0.1) is 5.25 Å². The van der Waals surface area contributed by atoms with Crippen molar-refractivity contribution >= 4 is 9.84 Å². The molecule has 0 N–H and O–H groups in total. The van der Waals surface area contributed by atoms with Crippen molar-refractivity contribution < 1.29 is 8.42 Å². The van der Waals surface area contributed by atoms with Gasteiger partial charge in [0, 0.05) is 6.26 Å². The van der Waals surface area contributed by atoms with E-state index in [9.17, 15) is 8.42 Å². The molecule has 72 valence electrons. The average Bonchev–Trinajstić information content (AvgIpc) is 2.03. The van der Waals surface area contributed by atoms with Crippen LogP contribution in [-0.2, 0) is 9.84 Å². The number of piperidine rings is 1. The Hall–Kier alpha value is -0.0900. The molecule has 3 nitrogen and oxygen atoms in total. The Morgan fingerprint density at radius 1 is 1.33 bits per heavy atom. The summed E-state index contributed by atoms with van der Waals surface area (Å²) in [6, 6.07) is 0. The molecule has 1 heterocycles. The summed E-state index contributed by atoms with van der Waals surface area (Å²) in [5.74, 6) is 0.